The number of nitrogens with zero attached hydrogens (tertiary/aromatic N) is 1. The van der Waals surface area contributed by atoms with Gasteiger partial charge >= 0.3 is 0 Å². The summed E-state index contributed by atoms with van der Waals surface area (Å²) in [6.07, 6.45) is 0. The van der Waals surface area contributed by atoms with Gasteiger partial charge in [-0.3, -0.25) is 4.79 Å². The number of carbonyl (C=O) groups excluding carboxylic acids is 1. The Hall–Kier alpha value is -2.24. The van der Waals surface area contributed by atoms with Crippen LogP contribution in [0.15, 0.2) is 59.0 Å². The van der Waals surface area contributed by atoms with Gasteiger partial charge in [-0.2, -0.15) is 0 Å². The molecule has 0 unspecified atom stereocenters. The van der Waals surface area contributed by atoms with Gasteiger partial charge in [-0.1, -0.05) is 46.4 Å². The Morgan fingerprint density at radius 2 is 1.57 bits per heavy atom. The molecule has 1 aromatic heterocycles. The third-order valence-corrected chi connectivity index (χ3v) is 5.08. The van der Waals surface area contributed by atoms with Crippen LogP contribution in [-0.4, -0.2) is 10.9 Å². The minimum Gasteiger partial charge on any atom is -0.436 e. The highest BCUT2D eigenvalue weighted by molar-refractivity contribution is 6.37. The normalized spacial score (nSPS) is 11.0. The van der Waals surface area contributed by atoms with E-state index in [0.29, 0.717) is 48.9 Å². The van der Waals surface area contributed by atoms with Crippen LogP contribution in [0.1, 0.15) is 10.4 Å². The highest BCUT2D eigenvalue weighted by atomic mass is 35.5. The summed E-state index contributed by atoms with van der Waals surface area (Å²) in [7, 11) is 0. The van der Waals surface area contributed by atoms with Gasteiger partial charge in [0.1, 0.15) is 5.52 Å². The smallest absolute Gasteiger partial charge is 0.257 e. The van der Waals surface area contributed by atoms with E-state index in [4.69, 9.17) is 50.8 Å². The highest BCUT2D eigenvalue weighted by Gasteiger charge is 2.14. The SMILES string of the molecule is O=C(Nc1ccc2oc(-c3ccc(Cl)cc3Cl)nc2c1)c1ccc(Cl)cc1Cl. The maximum atomic E-state index is 12.5. The van der Waals surface area contributed by atoms with Crippen LogP contribution in [0.2, 0.25) is 20.1 Å². The van der Waals surface area contributed by atoms with Crippen LogP contribution in [0.3, 0.4) is 0 Å². The lowest BCUT2D eigenvalue weighted by atomic mass is 10.2. The van der Waals surface area contributed by atoms with Crippen molar-refractivity contribution in [2.24, 2.45) is 0 Å². The molecule has 1 heterocycles. The van der Waals surface area contributed by atoms with Crippen molar-refractivity contribution in [1.29, 1.82) is 0 Å². The summed E-state index contributed by atoms with van der Waals surface area (Å²) in [6, 6.07) is 14.9. The Kier molecular flexibility index (Phi) is 5.21. The van der Waals surface area contributed by atoms with Crippen LogP contribution in [-0.2, 0) is 0 Å². The van der Waals surface area contributed by atoms with Crippen molar-refractivity contribution in [2.45, 2.75) is 0 Å². The fourth-order valence-corrected chi connectivity index (χ4v) is 3.64. The lowest BCUT2D eigenvalue weighted by Crippen LogP contribution is -2.12. The summed E-state index contributed by atoms with van der Waals surface area (Å²) in [5.41, 5.74) is 2.62. The van der Waals surface area contributed by atoms with Gasteiger partial charge in [0, 0.05) is 15.7 Å². The zero-order valence-corrected chi connectivity index (χ0v) is 17.0. The summed E-state index contributed by atoms with van der Waals surface area (Å²) in [4.78, 5) is 16.9. The molecular weight excluding hydrogens is 442 g/mol. The Morgan fingerprint density at radius 1 is 0.857 bits per heavy atom. The van der Waals surface area contributed by atoms with Crippen molar-refractivity contribution in [3.05, 3.63) is 80.3 Å². The Bertz CT molecular complexity index is 1220. The number of fused-ring (bicyclic) bond motifs is 1. The first-order valence-electron chi connectivity index (χ1n) is 8.03. The molecule has 8 heteroatoms. The maximum Gasteiger partial charge on any atom is 0.257 e. The lowest BCUT2D eigenvalue weighted by molar-refractivity contribution is 0.102. The number of oxazole rings is 1. The van der Waals surface area contributed by atoms with Gasteiger partial charge in [0.05, 0.1) is 21.2 Å². The predicted molar refractivity (Wildman–Crippen MR) is 114 cm³/mol. The molecule has 0 saturated heterocycles. The molecule has 4 rings (SSSR count). The molecule has 140 valence electrons. The molecule has 0 aliphatic carbocycles. The third kappa shape index (κ3) is 3.82. The molecule has 0 fully saturated rings. The van der Waals surface area contributed by atoms with Crippen molar-refractivity contribution in [3.63, 3.8) is 0 Å². The second-order valence-electron chi connectivity index (χ2n) is 5.90. The van der Waals surface area contributed by atoms with Crippen molar-refractivity contribution in [3.8, 4) is 11.5 Å². The molecule has 28 heavy (non-hydrogen) atoms. The van der Waals surface area contributed by atoms with Crippen LogP contribution in [0, 0.1) is 0 Å². The number of benzene rings is 3. The van der Waals surface area contributed by atoms with Gasteiger partial charge in [-0.05, 0) is 54.6 Å². The number of nitrogens with one attached hydrogen (secondary N) is 1. The molecule has 3 aromatic carbocycles. The maximum absolute atomic E-state index is 12.5. The molecule has 4 aromatic rings. The molecular formula is C20H10Cl4N2O2. The molecule has 0 saturated carbocycles. The van der Waals surface area contributed by atoms with Gasteiger partial charge in [0.25, 0.3) is 5.91 Å². The highest BCUT2D eigenvalue weighted by Crippen LogP contribution is 2.32. The molecule has 0 spiro atoms. The number of carbonyl (C=O) groups is 1. The molecule has 0 atom stereocenters. The average Bonchev–Trinajstić information content (AvgIpc) is 3.04. The van der Waals surface area contributed by atoms with Crippen LogP contribution in [0.4, 0.5) is 5.69 Å². The zero-order chi connectivity index (χ0) is 19.8. The summed E-state index contributed by atoms with van der Waals surface area (Å²) in [6.45, 7) is 0. The van der Waals surface area contributed by atoms with E-state index >= 15 is 0 Å². The van der Waals surface area contributed by atoms with Crippen molar-refractivity contribution in [1.82, 2.24) is 4.98 Å². The van der Waals surface area contributed by atoms with E-state index < -0.39 is 0 Å². The minimum absolute atomic E-state index is 0.271. The van der Waals surface area contributed by atoms with E-state index in [9.17, 15) is 4.79 Å². The van der Waals surface area contributed by atoms with E-state index in [1.54, 1.807) is 48.5 Å². The van der Waals surface area contributed by atoms with E-state index in [0.717, 1.165) is 0 Å². The lowest BCUT2D eigenvalue weighted by Gasteiger charge is -2.06. The van der Waals surface area contributed by atoms with Gasteiger partial charge in [0.15, 0.2) is 5.58 Å². The quantitative estimate of drug-likeness (QED) is 0.354. The second kappa shape index (κ2) is 7.64. The average molecular weight is 452 g/mol. The van der Waals surface area contributed by atoms with E-state index in [2.05, 4.69) is 10.3 Å². The number of amides is 1. The Labute approximate surface area is 180 Å². The van der Waals surface area contributed by atoms with Crippen LogP contribution in [0.5, 0.6) is 0 Å². The second-order valence-corrected chi connectivity index (χ2v) is 7.59. The first-order valence-corrected chi connectivity index (χ1v) is 9.54. The number of anilines is 1. The van der Waals surface area contributed by atoms with Gasteiger partial charge in [-0.25, -0.2) is 4.98 Å². The molecule has 0 radical (unpaired) electrons. The Balaban J connectivity index is 1.64. The topological polar surface area (TPSA) is 55.1 Å². The number of halogens is 4. The van der Waals surface area contributed by atoms with Gasteiger partial charge in [0.2, 0.25) is 5.89 Å². The number of hydrogen-bond donors (Lipinski definition) is 1. The van der Waals surface area contributed by atoms with Crippen LogP contribution < -0.4 is 5.32 Å². The monoisotopic (exact) mass is 450 g/mol. The first kappa shape index (κ1) is 19.1. The molecule has 1 N–H and O–H groups in total. The molecule has 0 aliphatic heterocycles. The summed E-state index contributed by atoms with van der Waals surface area (Å²) >= 11 is 24.1. The first-order chi connectivity index (χ1) is 13.4. The standard InChI is InChI=1S/C20H10Cl4N2O2/c21-10-1-4-13(15(23)7-10)19(27)25-12-3-6-18-17(9-12)26-20(28-18)14-5-2-11(22)8-16(14)24/h1-9H,(H,25,27). The summed E-state index contributed by atoms with van der Waals surface area (Å²) in [5, 5.41) is 4.47. The van der Waals surface area contributed by atoms with Gasteiger partial charge in [-0.15, -0.1) is 0 Å². The molecule has 0 bridgehead atoms. The molecule has 1 amide bonds. The van der Waals surface area contributed by atoms with Crippen LogP contribution >= 0.6 is 46.4 Å². The third-order valence-electron chi connectivity index (χ3n) is 3.98. The fraction of sp³-hybridized carbons (Fsp3) is 0. The van der Waals surface area contributed by atoms with Gasteiger partial charge < -0.3 is 9.73 Å². The number of rotatable bonds is 3. The fourth-order valence-electron chi connectivity index (χ4n) is 2.66. The number of aromatic nitrogens is 1. The Morgan fingerprint density at radius 3 is 2.29 bits per heavy atom. The minimum atomic E-state index is -0.356. The van der Waals surface area contributed by atoms with E-state index in [1.165, 1.54) is 6.07 Å². The van der Waals surface area contributed by atoms with Crippen molar-refractivity contribution >= 4 is 69.1 Å². The number of hydrogen-bond acceptors (Lipinski definition) is 3. The van der Waals surface area contributed by atoms with Crippen LogP contribution in [0.25, 0.3) is 22.6 Å². The van der Waals surface area contributed by atoms with E-state index in [1.807, 2.05) is 0 Å². The van der Waals surface area contributed by atoms with Crippen molar-refractivity contribution < 1.29 is 9.21 Å². The predicted octanol–water partition coefficient (Wildman–Crippen LogP) is 7.36. The molecule has 4 nitrogen and oxygen atoms in total. The summed E-state index contributed by atoms with van der Waals surface area (Å²) in [5.74, 6) is 0.00590. The van der Waals surface area contributed by atoms with E-state index in [-0.39, 0.29) is 10.9 Å². The summed E-state index contributed by atoms with van der Waals surface area (Å²) < 4.78 is 5.76. The zero-order valence-electron chi connectivity index (χ0n) is 14.0. The largest absolute Gasteiger partial charge is 0.436 e. The molecule has 0 aliphatic rings. The van der Waals surface area contributed by atoms with Crippen molar-refractivity contribution in [2.75, 3.05) is 5.32 Å².